The molecule has 0 N–H and O–H groups in total. The van der Waals surface area contributed by atoms with Crippen molar-refractivity contribution in [1.29, 1.82) is 0 Å². The Labute approximate surface area is 128 Å². The fourth-order valence-corrected chi connectivity index (χ4v) is 8.86. The van der Waals surface area contributed by atoms with Gasteiger partial charge in [0.05, 0.1) is 0 Å². The number of hydrogen-bond acceptors (Lipinski definition) is 1. The highest BCUT2D eigenvalue weighted by Gasteiger charge is 2.59. The topological polar surface area (TPSA) is 17.1 Å². The van der Waals surface area contributed by atoms with E-state index in [9.17, 15) is 4.79 Å². The van der Waals surface area contributed by atoms with Gasteiger partial charge in [-0.25, -0.2) is 0 Å². The molecule has 8 fully saturated rings. The molecule has 0 aromatic heterocycles. The smallest absolute Gasteiger partial charge is 0.139 e. The predicted octanol–water partition coefficient (Wildman–Crippen LogP) is 4.31. The molecule has 1 nitrogen and oxygen atoms in total. The van der Waals surface area contributed by atoms with E-state index in [1.807, 2.05) is 0 Å². The van der Waals surface area contributed by atoms with Crippen molar-refractivity contribution in [1.82, 2.24) is 0 Å². The maximum atomic E-state index is 12.8. The van der Waals surface area contributed by atoms with E-state index in [4.69, 9.17) is 0 Å². The second-order valence-electron chi connectivity index (χ2n) is 9.86. The molecule has 8 saturated carbocycles. The number of Topliss-reactive ketones (excluding diaryl/α,β-unsaturated/α-hetero) is 1. The summed E-state index contributed by atoms with van der Waals surface area (Å²) in [6.07, 6.45) is 13.0. The van der Waals surface area contributed by atoms with Crippen molar-refractivity contribution in [2.45, 2.75) is 57.8 Å². The first-order valence-corrected chi connectivity index (χ1v) is 9.80. The van der Waals surface area contributed by atoms with Crippen molar-refractivity contribution in [3.8, 4) is 0 Å². The van der Waals surface area contributed by atoms with E-state index in [2.05, 4.69) is 0 Å². The van der Waals surface area contributed by atoms with Crippen molar-refractivity contribution in [3.05, 3.63) is 0 Å². The fraction of sp³-hybridized carbons (Fsp3) is 0.950. The molecule has 1 unspecified atom stereocenters. The van der Waals surface area contributed by atoms with Gasteiger partial charge in [-0.3, -0.25) is 4.79 Å². The van der Waals surface area contributed by atoms with Gasteiger partial charge in [0, 0.05) is 11.8 Å². The molecule has 0 radical (unpaired) electrons. The van der Waals surface area contributed by atoms with Crippen LogP contribution in [0.25, 0.3) is 0 Å². The van der Waals surface area contributed by atoms with Crippen LogP contribution in [0.5, 0.6) is 0 Å². The SMILES string of the molecule is O=C1[C@@H]2C[C@@H]3C[C@@H](C2)C(C2C4CC5CC(C4)CC2C5)[C@H]1C3. The van der Waals surface area contributed by atoms with Gasteiger partial charge < -0.3 is 0 Å². The van der Waals surface area contributed by atoms with Crippen molar-refractivity contribution in [3.63, 3.8) is 0 Å². The molecule has 8 aliphatic carbocycles. The molecular weight excluding hydrogens is 256 g/mol. The Morgan fingerprint density at radius 2 is 1.14 bits per heavy atom. The van der Waals surface area contributed by atoms with Gasteiger partial charge in [0.25, 0.3) is 0 Å². The van der Waals surface area contributed by atoms with Crippen molar-refractivity contribution < 1.29 is 4.79 Å². The fourth-order valence-electron chi connectivity index (χ4n) is 8.86. The van der Waals surface area contributed by atoms with Crippen LogP contribution < -0.4 is 0 Å². The van der Waals surface area contributed by atoms with E-state index in [-0.39, 0.29) is 0 Å². The minimum atomic E-state index is 0.501. The number of hydrogen-bond donors (Lipinski definition) is 0. The zero-order chi connectivity index (χ0) is 13.7. The Balaban J connectivity index is 1.37. The third-order valence-electron chi connectivity index (χ3n) is 8.95. The highest BCUT2D eigenvalue weighted by molar-refractivity contribution is 5.85. The molecule has 0 heterocycles. The lowest BCUT2D eigenvalue weighted by Gasteiger charge is -2.62. The molecule has 1 heteroatoms. The van der Waals surface area contributed by atoms with Gasteiger partial charge in [0.2, 0.25) is 0 Å². The van der Waals surface area contributed by atoms with Crippen LogP contribution in [0.4, 0.5) is 0 Å². The Kier molecular flexibility index (Phi) is 2.28. The van der Waals surface area contributed by atoms with Crippen LogP contribution in [0.1, 0.15) is 57.8 Å². The van der Waals surface area contributed by atoms with E-state index < -0.39 is 0 Å². The van der Waals surface area contributed by atoms with Crippen LogP contribution in [0.15, 0.2) is 0 Å². The maximum Gasteiger partial charge on any atom is 0.139 e. The lowest BCUT2D eigenvalue weighted by Crippen LogP contribution is -2.58. The summed E-state index contributed by atoms with van der Waals surface area (Å²) in [5.74, 6) is 9.64. The standard InChI is InChI=1S/C20H28O/c21-20-16-7-12-6-15(9-16)19(17(20)8-12)18-13-2-10-1-11(4-13)5-14(18)3-10/h10-19H,1-9H2/t10?,11?,12-,13?,14?,15-,16+,17+,18?,19?/m0/s1. The average Bonchev–Trinajstić information content (AvgIpc) is 2.45. The average molecular weight is 284 g/mol. The molecule has 0 aromatic carbocycles. The van der Waals surface area contributed by atoms with Gasteiger partial charge in [-0.2, -0.15) is 0 Å². The van der Waals surface area contributed by atoms with Gasteiger partial charge in [-0.05, 0) is 105 Å². The highest BCUT2D eigenvalue weighted by Crippen LogP contribution is 2.65. The minimum Gasteiger partial charge on any atom is -0.299 e. The maximum absolute atomic E-state index is 12.8. The molecule has 8 bridgehead atoms. The number of fused-ring (bicyclic) bond motifs is 1. The van der Waals surface area contributed by atoms with E-state index in [0.29, 0.717) is 11.8 Å². The lowest BCUT2D eigenvalue weighted by atomic mass is 9.42. The van der Waals surface area contributed by atoms with Crippen LogP contribution in [0.3, 0.4) is 0 Å². The Bertz CT molecular complexity index is 466. The molecule has 0 saturated heterocycles. The minimum absolute atomic E-state index is 0.501. The number of carbonyl (C=O) groups excluding carboxylic acids is 1. The van der Waals surface area contributed by atoms with Gasteiger partial charge in [0.15, 0.2) is 0 Å². The van der Waals surface area contributed by atoms with Gasteiger partial charge in [0.1, 0.15) is 5.78 Å². The molecule has 8 aliphatic rings. The van der Waals surface area contributed by atoms with Crippen LogP contribution in [-0.2, 0) is 4.79 Å². The number of ketones is 1. The zero-order valence-electron chi connectivity index (χ0n) is 13.0. The molecule has 8 rings (SSSR count). The third kappa shape index (κ3) is 1.51. The highest BCUT2D eigenvalue weighted by atomic mass is 16.1. The third-order valence-corrected chi connectivity index (χ3v) is 8.95. The first kappa shape index (κ1) is 12.1. The second-order valence-corrected chi connectivity index (χ2v) is 9.86. The van der Waals surface area contributed by atoms with Crippen molar-refractivity contribution in [2.24, 2.45) is 59.2 Å². The molecule has 5 atom stereocenters. The van der Waals surface area contributed by atoms with E-state index >= 15 is 0 Å². The summed E-state index contributed by atoms with van der Waals surface area (Å²) in [7, 11) is 0. The van der Waals surface area contributed by atoms with E-state index in [0.717, 1.165) is 53.1 Å². The summed E-state index contributed by atoms with van der Waals surface area (Å²) in [6, 6.07) is 0. The largest absolute Gasteiger partial charge is 0.299 e. The second kappa shape index (κ2) is 3.95. The summed E-state index contributed by atoms with van der Waals surface area (Å²) in [6.45, 7) is 0. The first-order valence-electron chi connectivity index (χ1n) is 9.80. The van der Waals surface area contributed by atoms with Gasteiger partial charge >= 0.3 is 0 Å². The monoisotopic (exact) mass is 284 g/mol. The van der Waals surface area contributed by atoms with Crippen LogP contribution in [-0.4, -0.2) is 5.78 Å². The molecule has 0 aliphatic heterocycles. The van der Waals surface area contributed by atoms with Gasteiger partial charge in [-0.15, -0.1) is 0 Å². The molecule has 21 heavy (non-hydrogen) atoms. The quantitative estimate of drug-likeness (QED) is 0.701. The summed E-state index contributed by atoms with van der Waals surface area (Å²) in [4.78, 5) is 12.8. The Morgan fingerprint density at radius 1 is 0.571 bits per heavy atom. The number of rotatable bonds is 1. The van der Waals surface area contributed by atoms with Crippen LogP contribution in [0.2, 0.25) is 0 Å². The molecular formula is C20H28O. The van der Waals surface area contributed by atoms with Gasteiger partial charge in [-0.1, -0.05) is 0 Å². The Morgan fingerprint density at radius 3 is 1.81 bits per heavy atom. The normalized spacial score (nSPS) is 63.5. The van der Waals surface area contributed by atoms with E-state index in [1.54, 1.807) is 6.42 Å². The molecule has 0 aromatic rings. The van der Waals surface area contributed by atoms with E-state index in [1.165, 1.54) is 51.4 Å². The molecule has 0 amide bonds. The first-order chi connectivity index (χ1) is 10.3. The summed E-state index contributed by atoms with van der Waals surface area (Å²) < 4.78 is 0. The summed E-state index contributed by atoms with van der Waals surface area (Å²) in [5.41, 5.74) is 0. The van der Waals surface area contributed by atoms with Crippen LogP contribution >= 0.6 is 0 Å². The molecule has 114 valence electrons. The predicted molar refractivity (Wildman–Crippen MR) is 81.5 cm³/mol. The molecule has 0 spiro atoms. The van der Waals surface area contributed by atoms with Crippen LogP contribution in [0, 0.1) is 59.2 Å². The number of carbonyl (C=O) groups is 1. The Hall–Kier alpha value is -0.330. The summed E-state index contributed by atoms with van der Waals surface area (Å²) in [5, 5.41) is 0. The summed E-state index contributed by atoms with van der Waals surface area (Å²) >= 11 is 0. The van der Waals surface area contributed by atoms with Crippen molar-refractivity contribution >= 4 is 5.78 Å². The van der Waals surface area contributed by atoms with Crippen molar-refractivity contribution in [2.75, 3.05) is 0 Å². The lowest BCUT2D eigenvalue weighted by molar-refractivity contribution is -0.163. The zero-order valence-corrected chi connectivity index (χ0v) is 13.0.